The highest BCUT2D eigenvalue weighted by Crippen LogP contribution is 2.42. The SMILES string of the molecule is C1=CC(c2ccncc2)(c2ccncc2)Cc2[nH]nc(-c3ncc[nH]3)c21. The van der Waals surface area contributed by atoms with E-state index in [4.69, 9.17) is 0 Å². The molecule has 0 aliphatic heterocycles. The Labute approximate surface area is 150 Å². The Hall–Kier alpha value is -3.54. The van der Waals surface area contributed by atoms with E-state index >= 15 is 0 Å². The van der Waals surface area contributed by atoms with Crippen LogP contribution in [0.25, 0.3) is 17.6 Å². The van der Waals surface area contributed by atoms with Crippen molar-refractivity contribution < 1.29 is 0 Å². The molecule has 1 aliphatic rings. The second-order valence-corrected chi connectivity index (χ2v) is 6.36. The van der Waals surface area contributed by atoms with Crippen LogP contribution in [0.1, 0.15) is 22.4 Å². The molecule has 26 heavy (non-hydrogen) atoms. The molecule has 0 saturated carbocycles. The fourth-order valence-corrected chi connectivity index (χ4v) is 3.70. The van der Waals surface area contributed by atoms with Gasteiger partial charge in [0.15, 0.2) is 5.82 Å². The van der Waals surface area contributed by atoms with E-state index in [9.17, 15) is 0 Å². The van der Waals surface area contributed by atoms with Gasteiger partial charge in [-0.2, -0.15) is 5.10 Å². The first-order valence-corrected chi connectivity index (χ1v) is 8.44. The number of H-pyrrole nitrogens is 2. The van der Waals surface area contributed by atoms with Crippen LogP contribution in [0.2, 0.25) is 0 Å². The van der Waals surface area contributed by atoms with E-state index in [1.807, 2.05) is 24.8 Å². The largest absolute Gasteiger partial charge is 0.343 e. The quantitative estimate of drug-likeness (QED) is 0.600. The van der Waals surface area contributed by atoms with Gasteiger partial charge in [-0.25, -0.2) is 4.98 Å². The Kier molecular flexibility index (Phi) is 3.28. The van der Waals surface area contributed by atoms with Crippen LogP contribution < -0.4 is 0 Å². The molecule has 4 heterocycles. The third kappa shape index (κ3) is 2.19. The van der Waals surface area contributed by atoms with Crippen molar-refractivity contribution in [2.45, 2.75) is 11.8 Å². The third-order valence-corrected chi connectivity index (χ3v) is 4.99. The Balaban J connectivity index is 1.67. The molecule has 6 nitrogen and oxygen atoms in total. The van der Waals surface area contributed by atoms with Gasteiger partial charge in [-0.1, -0.05) is 12.2 Å². The highest BCUT2D eigenvalue weighted by atomic mass is 15.1. The van der Waals surface area contributed by atoms with Gasteiger partial charge in [0.05, 0.1) is 0 Å². The van der Waals surface area contributed by atoms with Gasteiger partial charge in [0.2, 0.25) is 0 Å². The molecule has 6 heteroatoms. The number of imidazole rings is 1. The van der Waals surface area contributed by atoms with Gasteiger partial charge >= 0.3 is 0 Å². The van der Waals surface area contributed by atoms with Crippen LogP contribution in [0.5, 0.6) is 0 Å². The summed E-state index contributed by atoms with van der Waals surface area (Å²) in [5.41, 5.74) is 5.11. The number of hydrogen-bond donors (Lipinski definition) is 2. The Morgan fingerprint density at radius 2 is 1.58 bits per heavy atom. The van der Waals surface area contributed by atoms with Crippen molar-refractivity contribution in [3.05, 3.63) is 89.9 Å². The van der Waals surface area contributed by atoms with Gasteiger partial charge in [-0.05, 0) is 35.4 Å². The summed E-state index contributed by atoms with van der Waals surface area (Å²) in [4.78, 5) is 15.8. The second kappa shape index (κ2) is 5.77. The summed E-state index contributed by atoms with van der Waals surface area (Å²) in [6.07, 6.45) is 16.1. The molecule has 0 fully saturated rings. The minimum absolute atomic E-state index is 0.286. The number of allylic oxidation sites excluding steroid dienone is 1. The first-order chi connectivity index (χ1) is 12.9. The zero-order chi connectivity index (χ0) is 17.4. The normalized spacial score (nSPS) is 14.9. The standard InChI is InChI=1S/C20H16N6/c1-6-20(14-2-7-21-8-3-14,15-4-9-22-10-5-15)13-17-16(1)18(26-25-17)19-23-11-12-24-19/h1-12H,13H2,(H,23,24)(H,25,26). The van der Waals surface area contributed by atoms with E-state index < -0.39 is 0 Å². The summed E-state index contributed by atoms with van der Waals surface area (Å²) in [5.74, 6) is 0.771. The molecule has 0 bridgehead atoms. The van der Waals surface area contributed by atoms with Crippen molar-refractivity contribution in [1.29, 1.82) is 0 Å². The molecule has 2 N–H and O–H groups in total. The molecule has 0 aromatic carbocycles. The second-order valence-electron chi connectivity index (χ2n) is 6.36. The Bertz CT molecular complexity index is 1010. The van der Waals surface area contributed by atoms with Crippen LogP contribution in [0.3, 0.4) is 0 Å². The Morgan fingerprint density at radius 1 is 0.885 bits per heavy atom. The van der Waals surface area contributed by atoms with Gasteiger partial charge in [-0.15, -0.1) is 0 Å². The van der Waals surface area contributed by atoms with Crippen LogP contribution in [-0.4, -0.2) is 30.1 Å². The van der Waals surface area contributed by atoms with Crippen molar-refractivity contribution in [3.8, 4) is 11.5 Å². The molecule has 0 radical (unpaired) electrons. The van der Waals surface area contributed by atoms with Crippen LogP contribution in [0.15, 0.2) is 67.5 Å². The fraction of sp³-hybridized carbons (Fsp3) is 0.100. The monoisotopic (exact) mass is 340 g/mol. The average Bonchev–Trinajstić information content (AvgIpc) is 3.38. The molecule has 4 aromatic rings. The minimum atomic E-state index is -0.286. The van der Waals surface area contributed by atoms with E-state index in [1.54, 1.807) is 12.4 Å². The van der Waals surface area contributed by atoms with E-state index in [0.29, 0.717) is 0 Å². The number of aromatic amines is 2. The molecule has 0 saturated heterocycles. The van der Waals surface area contributed by atoms with Crippen molar-refractivity contribution >= 4 is 6.08 Å². The number of fused-ring (bicyclic) bond motifs is 1. The average molecular weight is 340 g/mol. The molecule has 1 aliphatic carbocycles. The van der Waals surface area contributed by atoms with E-state index in [-0.39, 0.29) is 5.41 Å². The lowest BCUT2D eigenvalue weighted by atomic mass is 9.69. The zero-order valence-corrected chi connectivity index (χ0v) is 13.9. The molecule has 0 unspecified atom stereocenters. The van der Waals surface area contributed by atoms with Gasteiger partial charge in [-0.3, -0.25) is 15.1 Å². The minimum Gasteiger partial charge on any atom is -0.343 e. The van der Waals surface area contributed by atoms with E-state index in [0.717, 1.165) is 29.2 Å². The molecular formula is C20H16N6. The predicted octanol–water partition coefficient (Wildman–Crippen LogP) is 3.15. The van der Waals surface area contributed by atoms with Crippen molar-refractivity contribution in [1.82, 2.24) is 30.1 Å². The summed E-state index contributed by atoms with van der Waals surface area (Å²) in [5, 5.41) is 7.71. The predicted molar refractivity (Wildman–Crippen MR) is 98.2 cm³/mol. The lowest BCUT2D eigenvalue weighted by Crippen LogP contribution is -2.30. The molecule has 0 amide bonds. The molecule has 126 valence electrons. The summed E-state index contributed by atoms with van der Waals surface area (Å²) in [6.45, 7) is 0. The van der Waals surface area contributed by atoms with Gasteiger partial charge < -0.3 is 4.98 Å². The van der Waals surface area contributed by atoms with E-state index in [1.165, 1.54) is 11.1 Å². The third-order valence-electron chi connectivity index (χ3n) is 4.99. The lowest BCUT2D eigenvalue weighted by Gasteiger charge is -2.34. The topological polar surface area (TPSA) is 83.1 Å². The smallest absolute Gasteiger partial charge is 0.158 e. The van der Waals surface area contributed by atoms with Gasteiger partial charge in [0.25, 0.3) is 0 Å². The van der Waals surface area contributed by atoms with Crippen molar-refractivity contribution in [2.75, 3.05) is 0 Å². The number of hydrogen-bond acceptors (Lipinski definition) is 4. The summed E-state index contributed by atoms with van der Waals surface area (Å²) < 4.78 is 0. The maximum Gasteiger partial charge on any atom is 0.158 e. The highest BCUT2D eigenvalue weighted by Gasteiger charge is 2.36. The first kappa shape index (κ1) is 14.8. The number of nitrogens with one attached hydrogen (secondary N) is 2. The fourth-order valence-electron chi connectivity index (χ4n) is 3.70. The lowest BCUT2D eigenvalue weighted by molar-refractivity contribution is 0.619. The summed E-state index contributed by atoms with van der Waals surface area (Å²) in [7, 11) is 0. The van der Waals surface area contributed by atoms with Crippen LogP contribution in [0.4, 0.5) is 0 Å². The molecule has 5 rings (SSSR count). The van der Waals surface area contributed by atoms with Gasteiger partial charge in [0.1, 0.15) is 5.69 Å². The summed E-state index contributed by atoms with van der Waals surface area (Å²) >= 11 is 0. The van der Waals surface area contributed by atoms with Crippen LogP contribution in [-0.2, 0) is 11.8 Å². The highest BCUT2D eigenvalue weighted by molar-refractivity contribution is 5.73. The number of nitrogens with zero attached hydrogens (tertiary/aromatic N) is 4. The Morgan fingerprint density at radius 3 is 2.19 bits per heavy atom. The van der Waals surface area contributed by atoms with Gasteiger partial charge in [0, 0.05) is 60.3 Å². The van der Waals surface area contributed by atoms with E-state index in [2.05, 4.69) is 66.6 Å². The first-order valence-electron chi connectivity index (χ1n) is 8.44. The van der Waals surface area contributed by atoms with Crippen LogP contribution >= 0.6 is 0 Å². The molecule has 4 aromatic heterocycles. The van der Waals surface area contributed by atoms with Crippen molar-refractivity contribution in [2.24, 2.45) is 0 Å². The number of rotatable bonds is 3. The number of pyridine rings is 2. The zero-order valence-electron chi connectivity index (χ0n) is 13.9. The maximum atomic E-state index is 4.50. The molecule has 0 spiro atoms. The summed E-state index contributed by atoms with van der Waals surface area (Å²) in [6, 6.07) is 8.28. The maximum absolute atomic E-state index is 4.50. The van der Waals surface area contributed by atoms with Crippen molar-refractivity contribution in [3.63, 3.8) is 0 Å². The van der Waals surface area contributed by atoms with Crippen LogP contribution in [0, 0.1) is 0 Å². The molecular weight excluding hydrogens is 324 g/mol. The molecule has 0 atom stereocenters. The number of aromatic nitrogens is 6.